The number of hydrogen-bond acceptors (Lipinski definition) is 2. The van der Waals surface area contributed by atoms with E-state index in [0.29, 0.717) is 5.69 Å². The lowest BCUT2D eigenvalue weighted by atomic mass is 10.1. The number of benzene rings is 3. The Morgan fingerprint density at radius 1 is 0.893 bits per heavy atom. The highest BCUT2D eigenvalue weighted by Gasteiger charge is 2.29. The van der Waals surface area contributed by atoms with Gasteiger partial charge in [-0.05, 0) is 56.2 Å². The summed E-state index contributed by atoms with van der Waals surface area (Å²) >= 11 is 6.20. The minimum absolute atomic E-state index is 0.141. The Labute approximate surface area is 170 Å². The molecule has 0 heterocycles. The number of halogens is 2. The van der Waals surface area contributed by atoms with E-state index in [1.807, 2.05) is 39.0 Å². The summed E-state index contributed by atoms with van der Waals surface area (Å²) in [5.74, 6) is -0.539. The summed E-state index contributed by atoms with van der Waals surface area (Å²) in [6.45, 7) is 5.36. The minimum atomic E-state index is -3.94. The van der Waals surface area contributed by atoms with E-state index in [1.165, 1.54) is 16.4 Å². The number of para-hydroxylation sites is 1. The second-order valence-electron chi connectivity index (χ2n) is 6.77. The van der Waals surface area contributed by atoms with Crippen LogP contribution in [0, 0.1) is 26.6 Å². The normalized spacial score (nSPS) is 11.5. The molecule has 0 radical (unpaired) electrons. The smallest absolute Gasteiger partial charge is 0.261 e. The first-order valence-corrected chi connectivity index (χ1v) is 10.6. The van der Waals surface area contributed by atoms with E-state index in [0.717, 1.165) is 16.7 Å². The summed E-state index contributed by atoms with van der Waals surface area (Å²) in [6.07, 6.45) is 0. The van der Waals surface area contributed by atoms with Crippen LogP contribution in [0.2, 0.25) is 5.02 Å². The van der Waals surface area contributed by atoms with Crippen molar-refractivity contribution in [2.45, 2.75) is 32.2 Å². The third-order valence-corrected chi connectivity index (χ3v) is 6.78. The second kappa shape index (κ2) is 7.94. The van der Waals surface area contributed by atoms with Crippen LogP contribution < -0.4 is 4.31 Å². The van der Waals surface area contributed by atoms with Crippen LogP contribution in [-0.2, 0) is 16.6 Å². The highest BCUT2D eigenvalue weighted by Crippen LogP contribution is 2.33. The molecule has 0 bridgehead atoms. The van der Waals surface area contributed by atoms with Gasteiger partial charge in [-0.2, -0.15) is 0 Å². The number of hydrogen-bond donors (Lipinski definition) is 0. The van der Waals surface area contributed by atoms with Crippen LogP contribution in [0.15, 0.2) is 65.6 Å². The number of anilines is 1. The number of aryl methyl sites for hydroxylation is 3. The first-order valence-electron chi connectivity index (χ1n) is 8.80. The molecule has 0 atom stereocenters. The lowest BCUT2D eigenvalue weighted by Crippen LogP contribution is -2.32. The van der Waals surface area contributed by atoms with Crippen molar-refractivity contribution in [3.05, 3.63) is 93.8 Å². The summed E-state index contributed by atoms with van der Waals surface area (Å²) in [4.78, 5) is 0.146. The number of nitrogens with zero attached hydrogens (tertiary/aromatic N) is 1. The first kappa shape index (κ1) is 20.4. The van der Waals surface area contributed by atoms with Gasteiger partial charge in [-0.1, -0.05) is 53.6 Å². The van der Waals surface area contributed by atoms with Crippen molar-refractivity contribution in [3.8, 4) is 0 Å². The van der Waals surface area contributed by atoms with E-state index in [4.69, 9.17) is 11.6 Å². The van der Waals surface area contributed by atoms with Gasteiger partial charge in [0, 0.05) is 10.6 Å². The van der Waals surface area contributed by atoms with Crippen molar-refractivity contribution in [2.24, 2.45) is 0 Å². The average Bonchev–Trinajstić information content (AvgIpc) is 2.63. The highest BCUT2D eigenvalue weighted by molar-refractivity contribution is 7.92. The summed E-state index contributed by atoms with van der Waals surface area (Å²) in [5.41, 5.74) is 3.19. The SMILES string of the molecule is Cc1ccc(S(=O)(=O)N(Cc2c(F)cccc2Cl)c2c(C)cccc2C)cc1. The molecule has 3 aromatic carbocycles. The minimum Gasteiger partial charge on any atom is -0.261 e. The number of rotatable bonds is 5. The molecule has 0 spiro atoms. The van der Waals surface area contributed by atoms with Crippen LogP contribution in [0.1, 0.15) is 22.3 Å². The Balaban J connectivity index is 2.21. The van der Waals surface area contributed by atoms with Gasteiger partial charge in [0.15, 0.2) is 0 Å². The van der Waals surface area contributed by atoms with Gasteiger partial charge in [-0.3, -0.25) is 4.31 Å². The van der Waals surface area contributed by atoms with Crippen molar-refractivity contribution in [2.75, 3.05) is 4.31 Å². The standard InChI is InChI=1S/C22H21ClFNO2S/c1-15-10-12-18(13-11-15)28(26,27)25(22-16(2)6-4-7-17(22)3)14-19-20(23)8-5-9-21(19)24/h4-13H,14H2,1-3H3. The summed E-state index contributed by atoms with van der Waals surface area (Å²) in [7, 11) is -3.94. The van der Waals surface area contributed by atoms with Crippen molar-refractivity contribution in [1.82, 2.24) is 0 Å². The first-order chi connectivity index (χ1) is 13.2. The molecule has 0 aliphatic rings. The molecule has 3 rings (SSSR count). The molecule has 0 saturated carbocycles. The third-order valence-electron chi connectivity index (χ3n) is 4.66. The van der Waals surface area contributed by atoms with Gasteiger partial charge in [-0.25, -0.2) is 12.8 Å². The Kier molecular flexibility index (Phi) is 5.77. The van der Waals surface area contributed by atoms with E-state index >= 15 is 0 Å². The topological polar surface area (TPSA) is 37.4 Å². The molecular weight excluding hydrogens is 397 g/mol. The molecule has 0 aliphatic heterocycles. The molecule has 0 fully saturated rings. The predicted octanol–water partition coefficient (Wildman–Crippen LogP) is 5.80. The molecular formula is C22H21ClFNO2S. The van der Waals surface area contributed by atoms with Gasteiger partial charge in [0.05, 0.1) is 17.1 Å². The molecule has 6 heteroatoms. The molecule has 0 aromatic heterocycles. The van der Waals surface area contributed by atoms with Gasteiger partial charge < -0.3 is 0 Å². The van der Waals surface area contributed by atoms with Crippen LogP contribution in [0.5, 0.6) is 0 Å². The average molecular weight is 418 g/mol. The molecule has 28 heavy (non-hydrogen) atoms. The molecule has 0 amide bonds. The summed E-state index contributed by atoms with van der Waals surface area (Å²) in [5, 5.41) is 0.190. The lowest BCUT2D eigenvalue weighted by molar-refractivity contribution is 0.585. The Morgan fingerprint density at radius 2 is 1.46 bits per heavy atom. The molecule has 146 valence electrons. The fourth-order valence-electron chi connectivity index (χ4n) is 3.15. The van der Waals surface area contributed by atoms with Crippen LogP contribution in [-0.4, -0.2) is 8.42 Å². The number of sulfonamides is 1. The molecule has 0 N–H and O–H groups in total. The Hall–Kier alpha value is -2.37. The third kappa shape index (κ3) is 3.91. The maximum Gasteiger partial charge on any atom is 0.264 e. The van der Waals surface area contributed by atoms with Crippen LogP contribution in [0.4, 0.5) is 10.1 Å². The predicted molar refractivity (Wildman–Crippen MR) is 112 cm³/mol. The van der Waals surface area contributed by atoms with Gasteiger partial charge in [0.1, 0.15) is 5.82 Å². The van der Waals surface area contributed by atoms with Crippen molar-refractivity contribution >= 4 is 27.3 Å². The van der Waals surface area contributed by atoms with Gasteiger partial charge >= 0.3 is 0 Å². The lowest BCUT2D eigenvalue weighted by Gasteiger charge is -2.28. The van der Waals surface area contributed by atoms with Crippen molar-refractivity contribution in [1.29, 1.82) is 0 Å². The van der Waals surface area contributed by atoms with E-state index in [1.54, 1.807) is 30.3 Å². The molecule has 0 saturated heterocycles. The fourth-order valence-corrected chi connectivity index (χ4v) is 4.93. The van der Waals surface area contributed by atoms with Gasteiger partial charge in [-0.15, -0.1) is 0 Å². The van der Waals surface area contributed by atoms with Crippen molar-refractivity contribution < 1.29 is 12.8 Å². The highest BCUT2D eigenvalue weighted by atomic mass is 35.5. The molecule has 3 aromatic rings. The summed E-state index contributed by atoms with van der Waals surface area (Å²) in [6, 6.07) is 16.5. The van der Waals surface area contributed by atoms with E-state index in [9.17, 15) is 12.8 Å². The summed E-state index contributed by atoms with van der Waals surface area (Å²) < 4.78 is 42.8. The Bertz CT molecular complexity index is 1070. The van der Waals surface area contributed by atoms with Gasteiger partial charge in [0.25, 0.3) is 10.0 Å². The Morgan fingerprint density at radius 3 is 2.04 bits per heavy atom. The van der Waals surface area contributed by atoms with Crippen LogP contribution in [0.25, 0.3) is 0 Å². The fraction of sp³-hybridized carbons (Fsp3) is 0.182. The zero-order valence-corrected chi connectivity index (χ0v) is 17.5. The van der Waals surface area contributed by atoms with E-state index in [2.05, 4.69) is 0 Å². The second-order valence-corrected chi connectivity index (χ2v) is 9.03. The quantitative estimate of drug-likeness (QED) is 0.526. The molecule has 0 aliphatic carbocycles. The molecule has 0 unspecified atom stereocenters. The van der Waals surface area contributed by atoms with Gasteiger partial charge in [0.2, 0.25) is 0 Å². The van der Waals surface area contributed by atoms with Crippen LogP contribution >= 0.6 is 11.6 Å². The van der Waals surface area contributed by atoms with Crippen molar-refractivity contribution in [3.63, 3.8) is 0 Å². The van der Waals surface area contributed by atoms with E-state index in [-0.39, 0.29) is 22.0 Å². The maximum absolute atomic E-state index is 14.5. The zero-order valence-electron chi connectivity index (χ0n) is 15.9. The molecule has 3 nitrogen and oxygen atoms in total. The van der Waals surface area contributed by atoms with Crippen LogP contribution in [0.3, 0.4) is 0 Å². The largest absolute Gasteiger partial charge is 0.264 e. The van der Waals surface area contributed by atoms with E-state index < -0.39 is 15.8 Å². The maximum atomic E-state index is 14.5. The monoisotopic (exact) mass is 417 g/mol. The zero-order chi connectivity index (χ0) is 20.5.